The maximum atomic E-state index is 13.9. The zero-order chi connectivity index (χ0) is 25.5. The molecule has 0 saturated carbocycles. The second kappa shape index (κ2) is 12.5. The molecule has 0 radical (unpaired) electrons. The van der Waals surface area contributed by atoms with Crippen LogP contribution in [0.25, 0.3) is 16.6 Å². The summed E-state index contributed by atoms with van der Waals surface area (Å²) in [6.45, 7) is 11.3. The zero-order valence-electron chi connectivity index (χ0n) is 21.6. The van der Waals surface area contributed by atoms with Gasteiger partial charge in [-0.25, -0.2) is 4.98 Å². The molecule has 3 aromatic rings. The zero-order valence-corrected chi connectivity index (χ0v) is 23.2. The number of amides is 1. The molecule has 0 aliphatic rings. The molecule has 0 aliphatic heterocycles. The minimum Gasteiger partial charge on any atom is -0.333 e. The molecule has 0 aliphatic carbocycles. The molecule has 2 aromatic carbocycles. The number of hydrogen-bond acceptors (Lipinski definition) is 3. The Morgan fingerprint density at radius 3 is 2.34 bits per heavy atom. The third-order valence-electron chi connectivity index (χ3n) is 6.71. The van der Waals surface area contributed by atoms with Gasteiger partial charge >= 0.3 is 0 Å². The van der Waals surface area contributed by atoms with Crippen molar-refractivity contribution in [1.82, 2.24) is 14.5 Å². The van der Waals surface area contributed by atoms with Crippen LogP contribution in [0.3, 0.4) is 0 Å². The molecule has 1 aromatic heterocycles. The SMILES string of the molecule is CCCCC(CC)C(=O)N(CCC(C)C)C(C)c1nc2ccccc2c(=O)n1-c1ccc(Br)cc1. The summed E-state index contributed by atoms with van der Waals surface area (Å²) in [7, 11) is 0. The highest BCUT2D eigenvalue weighted by atomic mass is 79.9. The van der Waals surface area contributed by atoms with Crippen molar-refractivity contribution in [1.29, 1.82) is 0 Å². The van der Waals surface area contributed by atoms with Crippen molar-refractivity contribution >= 4 is 32.7 Å². The predicted octanol–water partition coefficient (Wildman–Crippen LogP) is 7.30. The van der Waals surface area contributed by atoms with E-state index in [4.69, 9.17) is 4.98 Å². The Morgan fingerprint density at radius 2 is 1.71 bits per heavy atom. The third-order valence-corrected chi connectivity index (χ3v) is 7.23. The number of halogens is 1. The van der Waals surface area contributed by atoms with Gasteiger partial charge < -0.3 is 4.90 Å². The van der Waals surface area contributed by atoms with Crippen molar-refractivity contribution < 1.29 is 4.79 Å². The number of nitrogens with zero attached hydrogens (tertiary/aromatic N) is 3. The summed E-state index contributed by atoms with van der Waals surface area (Å²) >= 11 is 3.49. The molecule has 0 fully saturated rings. The van der Waals surface area contributed by atoms with Crippen molar-refractivity contribution in [2.45, 2.75) is 72.8 Å². The first-order valence-electron chi connectivity index (χ1n) is 12.9. The molecule has 0 spiro atoms. The van der Waals surface area contributed by atoms with E-state index in [0.717, 1.165) is 42.3 Å². The molecule has 5 nitrogen and oxygen atoms in total. The van der Waals surface area contributed by atoms with Crippen LogP contribution >= 0.6 is 15.9 Å². The standard InChI is InChI=1S/C29H38BrN3O2/c1-6-8-11-22(7-2)28(34)32(19-18-20(3)4)21(5)27-31-26-13-10-9-12-25(26)29(35)33(27)24-16-14-23(30)15-17-24/h9-10,12-17,20-22H,6-8,11,18-19H2,1-5H3. The molecular weight excluding hydrogens is 502 g/mol. The molecule has 2 atom stereocenters. The van der Waals surface area contributed by atoms with Crippen molar-refractivity contribution in [3.05, 3.63) is 69.2 Å². The maximum absolute atomic E-state index is 13.9. The molecule has 0 saturated heterocycles. The Bertz CT molecular complexity index is 1190. The fraction of sp³-hybridized carbons (Fsp3) is 0.483. The van der Waals surface area contributed by atoms with E-state index in [0.29, 0.717) is 29.2 Å². The smallest absolute Gasteiger partial charge is 0.266 e. The van der Waals surface area contributed by atoms with Crippen LogP contribution in [0.15, 0.2) is 57.8 Å². The van der Waals surface area contributed by atoms with Gasteiger partial charge in [0.15, 0.2) is 0 Å². The Balaban J connectivity index is 2.17. The van der Waals surface area contributed by atoms with Crippen LogP contribution in [0.2, 0.25) is 0 Å². The first-order chi connectivity index (χ1) is 16.8. The number of hydrogen-bond donors (Lipinski definition) is 0. The van der Waals surface area contributed by atoms with Gasteiger partial charge in [-0.2, -0.15) is 0 Å². The summed E-state index contributed by atoms with van der Waals surface area (Å²) < 4.78 is 2.62. The predicted molar refractivity (Wildman–Crippen MR) is 148 cm³/mol. The lowest BCUT2D eigenvalue weighted by molar-refractivity contribution is -0.138. The lowest BCUT2D eigenvalue weighted by Gasteiger charge is -2.33. The summed E-state index contributed by atoms with van der Waals surface area (Å²) in [6.07, 6.45) is 4.71. The number of para-hydroxylation sites is 1. The number of fused-ring (bicyclic) bond motifs is 1. The van der Waals surface area contributed by atoms with Gasteiger partial charge in [0, 0.05) is 16.9 Å². The summed E-state index contributed by atoms with van der Waals surface area (Å²) in [6, 6.07) is 14.8. The highest BCUT2D eigenvalue weighted by molar-refractivity contribution is 9.10. The number of benzene rings is 2. The van der Waals surface area contributed by atoms with Crippen LogP contribution in [0.4, 0.5) is 0 Å². The van der Waals surface area contributed by atoms with Crippen molar-refractivity contribution in [3.8, 4) is 5.69 Å². The summed E-state index contributed by atoms with van der Waals surface area (Å²) in [5, 5.41) is 0.570. The lowest BCUT2D eigenvalue weighted by Crippen LogP contribution is -2.41. The van der Waals surface area contributed by atoms with E-state index in [-0.39, 0.29) is 23.4 Å². The summed E-state index contributed by atoms with van der Waals surface area (Å²) in [5.41, 5.74) is 1.28. The van der Waals surface area contributed by atoms with E-state index in [1.54, 1.807) is 4.57 Å². The molecule has 2 unspecified atom stereocenters. The van der Waals surface area contributed by atoms with Crippen LogP contribution in [0.5, 0.6) is 0 Å². The second-order valence-electron chi connectivity index (χ2n) is 9.74. The van der Waals surface area contributed by atoms with Gasteiger partial charge in [-0.05, 0) is 68.5 Å². The molecule has 0 bridgehead atoms. The second-order valence-corrected chi connectivity index (χ2v) is 10.7. The highest BCUT2D eigenvalue weighted by Crippen LogP contribution is 2.27. The molecule has 3 rings (SSSR count). The van der Waals surface area contributed by atoms with E-state index in [2.05, 4.69) is 43.6 Å². The van der Waals surface area contributed by atoms with Gasteiger partial charge in [0.2, 0.25) is 5.91 Å². The fourth-order valence-electron chi connectivity index (χ4n) is 4.49. The van der Waals surface area contributed by atoms with Crippen LogP contribution in [-0.2, 0) is 4.79 Å². The molecule has 0 N–H and O–H groups in total. The van der Waals surface area contributed by atoms with Gasteiger partial charge in [-0.1, -0.05) is 68.6 Å². The molecule has 6 heteroatoms. The fourth-order valence-corrected chi connectivity index (χ4v) is 4.75. The maximum Gasteiger partial charge on any atom is 0.266 e. The van der Waals surface area contributed by atoms with E-state index in [1.807, 2.05) is 60.4 Å². The quantitative estimate of drug-likeness (QED) is 0.256. The van der Waals surface area contributed by atoms with Crippen molar-refractivity contribution in [3.63, 3.8) is 0 Å². The van der Waals surface area contributed by atoms with Gasteiger partial charge in [-0.15, -0.1) is 0 Å². The third kappa shape index (κ3) is 6.40. The van der Waals surface area contributed by atoms with Crippen LogP contribution in [-0.4, -0.2) is 26.9 Å². The van der Waals surface area contributed by atoms with Gasteiger partial charge in [-0.3, -0.25) is 14.2 Å². The van der Waals surface area contributed by atoms with Gasteiger partial charge in [0.05, 0.1) is 22.6 Å². The van der Waals surface area contributed by atoms with E-state index in [1.165, 1.54) is 0 Å². The Kier molecular flexibility index (Phi) is 9.67. The number of unbranched alkanes of at least 4 members (excludes halogenated alkanes) is 1. The minimum absolute atomic E-state index is 0.0159. The average Bonchev–Trinajstić information content (AvgIpc) is 2.85. The monoisotopic (exact) mass is 539 g/mol. The first-order valence-corrected chi connectivity index (χ1v) is 13.7. The van der Waals surface area contributed by atoms with Gasteiger partial charge in [0.1, 0.15) is 5.82 Å². The van der Waals surface area contributed by atoms with E-state index in [9.17, 15) is 9.59 Å². The van der Waals surface area contributed by atoms with Crippen LogP contribution in [0, 0.1) is 11.8 Å². The molecule has 35 heavy (non-hydrogen) atoms. The normalized spacial score (nSPS) is 13.2. The summed E-state index contributed by atoms with van der Waals surface area (Å²) in [4.78, 5) is 34.5. The average molecular weight is 541 g/mol. The number of aromatic nitrogens is 2. The molecule has 188 valence electrons. The Labute approximate surface area is 217 Å². The number of carbonyl (C=O) groups excluding carboxylic acids is 1. The molecule has 1 amide bonds. The molecule has 1 heterocycles. The van der Waals surface area contributed by atoms with Crippen LogP contribution < -0.4 is 5.56 Å². The number of rotatable bonds is 11. The summed E-state index contributed by atoms with van der Waals surface area (Å²) in [5.74, 6) is 1.21. The number of carbonyl (C=O) groups is 1. The van der Waals surface area contributed by atoms with Crippen molar-refractivity contribution in [2.75, 3.05) is 6.54 Å². The van der Waals surface area contributed by atoms with Gasteiger partial charge in [0.25, 0.3) is 5.56 Å². The van der Waals surface area contributed by atoms with E-state index < -0.39 is 0 Å². The van der Waals surface area contributed by atoms with Crippen LogP contribution in [0.1, 0.15) is 78.6 Å². The van der Waals surface area contributed by atoms with Crippen molar-refractivity contribution in [2.24, 2.45) is 11.8 Å². The Hall–Kier alpha value is -2.47. The topological polar surface area (TPSA) is 55.2 Å². The van der Waals surface area contributed by atoms with E-state index >= 15 is 0 Å². The largest absolute Gasteiger partial charge is 0.333 e. The minimum atomic E-state index is -0.349. The Morgan fingerprint density at radius 1 is 1.03 bits per heavy atom. The first kappa shape index (κ1) is 27.1. The molecular formula is C29H38BrN3O2. The lowest BCUT2D eigenvalue weighted by atomic mass is 9.96. The highest BCUT2D eigenvalue weighted by Gasteiger charge is 2.30.